The number of nitrogens with zero attached hydrogens (tertiary/aromatic N) is 1. The number of carbonyl (C=O) groups is 2. The number of hydrogen-bond donors (Lipinski definition) is 4. The molecule has 0 aliphatic heterocycles. The Hall–Kier alpha value is -3.63. The molecule has 0 atom stereocenters. The zero-order valence-electron chi connectivity index (χ0n) is 13.3. The quantitative estimate of drug-likeness (QED) is 0.399. The second-order valence-electron chi connectivity index (χ2n) is 5.10. The Morgan fingerprint density at radius 1 is 1.22 bits per heavy atom. The molecule has 7 nitrogen and oxygen atoms in total. The maximum Gasteiger partial charge on any atom is 0.490 e. The van der Waals surface area contributed by atoms with Crippen molar-refractivity contribution in [2.24, 2.45) is 0 Å². The summed E-state index contributed by atoms with van der Waals surface area (Å²) in [5.74, 6) is -3.74. The van der Waals surface area contributed by atoms with E-state index in [9.17, 15) is 22.4 Å². The van der Waals surface area contributed by atoms with E-state index < -0.39 is 23.9 Å². The minimum atomic E-state index is -5.08. The molecule has 0 aliphatic carbocycles. The van der Waals surface area contributed by atoms with Crippen molar-refractivity contribution in [3.63, 3.8) is 0 Å². The molecule has 0 radical (unpaired) electrons. The average molecular weight is 384 g/mol. The summed E-state index contributed by atoms with van der Waals surface area (Å²) in [6.45, 7) is 0. The lowest BCUT2D eigenvalue weighted by Gasteiger charge is -2.06. The molecule has 2 aromatic heterocycles. The number of rotatable bonds is 2. The molecule has 0 aliphatic rings. The van der Waals surface area contributed by atoms with Crippen LogP contribution in [0.2, 0.25) is 0 Å². The third kappa shape index (κ3) is 4.93. The lowest BCUT2D eigenvalue weighted by atomic mass is 10.2. The molecule has 0 spiro atoms. The Bertz CT molecular complexity index is 985. The standard InChI is InChI=1S/C14H11FN4O.C2HF3O2/c15-11-6-8(16)3-4-12(11)19-14(20)10-7-18-13-9(10)2-1-5-17-13;3-2(4,5)1(6)7/h1-7H,16H2,(H,17,18)(H,19,20);(H,6,7). The van der Waals surface area contributed by atoms with Gasteiger partial charge in [-0.15, -0.1) is 0 Å². The van der Waals surface area contributed by atoms with E-state index in [1.54, 1.807) is 24.5 Å². The fourth-order valence-corrected chi connectivity index (χ4v) is 1.97. The first-order valence-corrected chi connectivity index (χ1v) is 7.18. The minimum absolute atomic E-state index is 0.0856. The summed E-state index contributed by atoms with van der Waals surface area (Å²) in [5.41, 5.74) is 6.86. The van der Waals surface area contributed by atoms with Crippen molar-refractivity contribution in [1.82, 2.24) is 9.97 Å². The Balaban J connectivity index is 0.000000321. The lowest BCUT2D eigenvalue weighted by Crippen LogP contribution is -2.21. The van der Waals surface area contributed by atoms with Gasteiger partial charge in [0.15, 0.2) is 0 Å². The highest BCUT2D eigenvalue weighted by atomic mass is 19.4. The number of aromatic nitrogens is 2. The predicted molar refractivity (Wildman–Crippen MR) is 88.6 cm³/mol. The van der Waals surface area contributed by atoms with Crippen LogP contribution in [0.15, 0.2) is 42.7 Å². The molecule has 1 aromatic carbocycles. The van der Waals surface area contributed by atoms with Crippen molar-refractivity contribution in [2.45, 2.75) is 6.18 Å². The van der Waals surface area contributed by atoms with Gasteiger partial charge in [-0.3, -0.25) is 4.79 Å². The fraction of sp³-hybridized carbons (Fsp3) is 0.0625. The zero-order chi connectivity index (χ0) is 20.2. The van der Waals surface area contributed by atoms with Gasteiger partial charge < -0.3 is 21.1 Å². The zero-order valence-corrected chi connectivity index (χ0v) is 13.3. The van der Waals surface area contributed by atoms with E-state index in [0.717, 1.165) is 6.07 Å². The highest BCUT2D eigenvalue weighted by molar-refractivity contribution is 6.12. The summed E-state index contributed by atoms with van der Waals surface area (Å²) in [6.07, 6.45) is -1.91. The van der Waals surface area contributed by atoms with Crippen LogP contribution in [-0.4, -0.2) is 33.1 Å². The van der Waals surface area contributed by atoms with E-state index in [4.69, 9.17) is 15.6 Å². The summed E-state index contributed by atoms with van der Waals surface area (Å²) >= 11 is 0. The summed E-state index contributed by atoms with van der Waals surface area (Å²) in [5, 5.41) is 10.3. The van der Waals surface area contributed by atoms with E-state index in [2.05, 4.69) is 15.3 Å². The van der Waals surface area contributed by atoms with Gasteiger partial charge in [0.05, 0.1) is 11.3 Å². The normalized spacial score (nSPS) is 10.8. The average Bonchev–Trinajstić information content (AvgIpc) is 3.01. The molecule has 0 saturated carbocycles. The van der Waals surface area contributed by atoms with Crippen LogP contribution in [-0.2, 0) is 4.79 Å². The molecule has 5 N–H and O–H groups in total. The molecular formula is C16H12F4N4O3. The van der Waals surface area contributed by atoms with E-state index in [1.807, 2.05) is 0 Å². The smallest absolute Gasteiger partial charge is 0.475 e. The fourth-order valence-electron chi connectivity index (χ4n) is 1.97. The Morgan fingerprint density at radius 3 is 2.48 bits per heavy atom. The molecule has 11 heteroatoms. The number of nitrogen functional groups attached to an aromatic ring is 1. The van der Waals surface area contributed by atoms with Gasteiger partial charge in [0.2, 0.25) is 0 Å². The molecule has 1 amide bonds. The molecule has 0 fully saturated rings. The molecule has 0 unspecified atom stereocenters. The van der Waals surface area contributed by atoms with Crippen LogP contribution in [0.3, 0.4) is 0 Å². The van der Waals surface area contributed by atoms with Crippen LogP contribution >= 0.6 is 0 Å². The number of carbonyl (C=O) groups excluding carboxylic acids is 1. The third-order valence-electron chi connectivity index (χ3n) is 3.18. The van der Waals surface area contributed by atoms with Crippen LogP contribution in [0.25, 0.3) is 11.0 Å². The van der Waals surface area contributed by atoms with Crippen molar-refractivity contribution in [3.8, 4) is 0 Å². The van der Waals surface area contributed by atoms with Gasteiger partial charge >= 0.3 is 12.1 Å². The van der Waals surface area contributed by atoms with E-state index in [-0.39, 0.29) is 5.69 Å². The minimum Gasteiger partial charge on any atom is -0.475 e. The number of carboxylic acid groups (broad SMARTS) is 1. The summed E-state index contributed by atoms with van der Waals surface area (Å²) < 4.78 is 45.4. The van der Waals surface area contributed by atoms with E-state index in [0.29, 0.717) is 22.3 Å². The first-order valence-electron chi connectivity index (χ1n) is 7.18. The summed E-state index contributed by atoms with van der Waals surface area (Å²) in [6, 6.07) is 7.61. The SMILES string of the molecule is Nc1ccc(NC(=O)c2c[nH]c3ncccc23)c(F)c1.O=C(O)C(F)(F)F. The highest BCUT2D eigenvalue weighted by Gasteiger charge is 2.38. The maximum absolute atomic E-state index is 13.7. The molecule has 0 saturated heterocycles. The Morgan fingerprint density at radius 2 is 1.89 bits per heavy atom. The van der Waals surface area contributed by atoms with Gasteiger partial charge in [-0.05, 0) is 30.3 Å². The van der Waals surface area contributed by atoms with Crippen LogP contribution in [0.4, 0.5) is 28.9 Å². The Kier molecular flexibility index (Phi) is 5.63. The van der Waals surface area contributed by atoms with Crippen molar-refractivity contribution in [1.29, 1.82) is 0 Å². The molecule has 27 heavy (non-hydrogen) atoms. The molecule has 142 valence electrons. The van der Waals surface area contributed by atoms with Gasteiger partial charge in [-0.25, -0.2) is 14.2 Å². The molecule has 3 rings (SSSR count). The molecule has 3 aromatic rings. The van der Waals surface area contributed by atoms with Crippen molar-refractivity contribution < 1.29 is 32.3 Å². The predicted octanol–water partition coefficient (Wildman–Crippen LogP) is 3.17. The molecular weight excluding hydrogens is 372 g/mol. The summed E-state index contributed by atoms with van der Waals surface area (Å²) in [7, 11) is 0. The number of aliphatic carboxylic acids is 1. The number of nitrogens with two attached hydrogens (primary N) is 1. The number of H-pyrrole nitrogens is 1. The van der Waals surface area contributed by atoms with Crippen molar-refractivity contribution in [3.05, 3.63) is 54.1 Å². The lowest BCUT2D eigenvalue weighted by molar-refractivity contribution is -0.192. The Labute approximate surface area is 148 Å². The van der Waals surface area contributed by atoms with Crippen molar-refractivity contribution >= 4 is 34.3 Å². The largest absolute Gasteiger partial charge is 0.490 e. The summed E-state index contributed by atoms with van der Waals surface area (Å²) in [4.78, 5) is 28.1. The van der Waals surface area contributed by atoms with Gasteiger partial charge in [-0.2, -0.15) is 13.2 Å². The number of pyridine rings is 1. The number of benzene rings is 1. The number of nitrogens with one attached hydrogen (secondary N) is 2. The number of hydrogen-bond acceptors (Lipinski definition) is 4. The first kappa shape index (κ1) is 19.7. The number of fused-ring (bicyclic) bond motifs is 1. The van der Waals surface area contributed by atoms with Gasteiger partial charge in [-0.1, -0.05) is 0 Å². The van der Waals surface area contributed by atoms with Crippen LogP contribution in [0, 0.1) is 5.82 Å². The van der Waals surface area contributed by atoms with Gasteiger partial charge in [0, 0.05) is 23.5 Å². The third-order valence-corrected chi connectivity index (χ3v) is 3.18. The van der Waals surface area contributed by atoms with Crippen LogP contribution in [0.5, 0.6) is 0 Å². The topological polar surface area (TPSA) is 121 Å². The maximum atomic E-state index is 13.7. The van der Waals surface area contributed by atoms with Crippen molar-refractivity contribution in [2.75, 3.05) is 11.1 Å². The van der Waals surface area contributed by atoms with Crippen LogP contribution < -0.4 is 11.1 Å². The number of aromatic amines is 1. The molecule has 0 bridgehead atoms. The number of alkyl halides is 3. The van der Waals surface area contributed by atoms with Crippen LogP contribution in [0.1, 0.15) is 10.4 Å². The van der Waals surface area contributed by atoms with Gasteiger partial charge in [0.25, 0.3) is 5.91 Å². The number of carboxylic acids is 1. The van der Waals surface area contributed by atoms with Gasteiger partial charge in [0.1, 0.15) is 11.5 Å². The van der Waals surface area contributed by atoms with E-state index in [1.165, 1.54) is 12.1 Å². The second-order valence-corrected chi connectivity index (χ2v) is 5.10. The number of anilines is 2. The second kappa shape index (κ2) is 7.72. The first-order chi connectivity index (χ1) is 12.6. The van der Waals surface area contributed by atoms with E-state index >= 15 is 0 Å². The molecule has 2 heterocycles. The highest BCUT2D eigenvalue weighted by Crippen LogP contribution is 2.20. The number of halogens is 4. The number of amides is 1. The monoisotopic (exact) mass is 384 g/mol.